The van der Waals surface area contributed by atoms with Crippen molar-refractivity contribution >= 4 is 5.91 Å². The number of carbonyl (C=O) groups is 1. The largest absolute Gasteiger partial charge is 0.492 e. The molecule has 1 saturated heterocycles. The minimum absolute atomic E-state index is 0.0492. The maximum atomic E-state index is 12.8. The number of piperazine rings is 1. The van der Waals surface area contributed by atoms with E-state index in [9.17, 15) is 9.90 Å². The van der Waals surface area contributed by atoms with Crippen molar-refractivity contribution in [1.29, 1.82) is 0 Å². The number of aliphatic hydroxyl groups is 1. The van der Waals surface area contributed by atoms with E-state index in [1.807, 2.05) is 29.2 Å². The SMILES string of the molecule is CC(O)CN1CCN(C(=O)c2ccccc2OCC2CC2)CC1. The molecule has 1 amide bonds. The molecule has 1 aliphatic heterocycles. The van der Waals surface area contributed by atoms with E-state index in [1.165, 1.54) is 12.8 Å². The van der Waals surface area contributed by atoms with Crippen LogP contribution >= 0.6 is 0 Å². The van der Waals surface area contributed by atoms with Gasteiger partial charge in [0.05, 0.1) is 18.3 Å². The zero-order valence-corrected chi connectivity index (χ0v) is 13.8. The number of ether oxygens (including phenoxy) is 1. The third-order valence-electron chi connectivity index (χ3n) is 4.47. The van der Waals surface area contributed by atoms with E-state index in [0.717, 1.165) is 13.1 Å². The lowest BCUT2D eigenvalue weighted by Crippen LogP contribution is -2.50. The van der Waals surface area contributed by atoms with E-state index in [1.54, 1.807) is 6.92 Å². The summed E-state index contributed by atoms with van der Waals surface area (Å²) in [5.41, 5.74) is 0.664. The number of amides is 1. The van der Waals surface area contributed by atoms with E-state index in [2.05, 4.69) is 4.90 Å². The smallest absolute Gasteiger partial charge is 0.257 e. The fourth-order valence-corrected chi connectivity index (χ4v) is 2.94. The standard InChI is InChI=1S/C18H26N2O3/c1-14(21)12-19-8-10-20(11-9-19)18(22)16-4-2-3-5-17(16)23-13-15-6-7-15/h2-5,14-15,21H,6-13H2,1H3. The van der Waals surface area contributed by atoms with Crippen molar-refractivity contribution in [2.75, 3.05) is 39.3 Å². The van der Waals surface area contributed by atoms with Crippen LogP contribution < -0.4 is 4.74 Å². The van der Waals surface area contributed by atoms with E-state index in [4.69, 9.17) is 4.74 Å². The lowest BCUT2D eigenvalue weighted by Gasteiger charge is -2.35. The maximum absolute atomic E-state index is 12.8. The van der Waals surface area contributed by atoms with Crippen LogP contribution in [0.1, 0.15) is 30.1 Å². The second kappa shape index (κ2) is 7.32. The van der Waals surface area contributed by atoms with Gasteiger partial charge in [0.1, 0.15) is 5.75 Å². The Morgan fingerprint density at radius 3 is 2.61 bits per heavy atom. The molecule has 23 heavy (non-hydrogen) atoms. The van der Waals surface area contributed by atoms with Crippen LogP contribution in [-0.4, -0.2) is 66.2 Å². The fourth-order valence-electron chi connectivity index (χ4n) is 2.94. The minimum Gasteiger partial charge on any atom is -0.492 e. The normalized spacial score (nSPS) is 20.3. The first-order valence-corrected chi connectivity index (χ1v) is 8.55. The van der Waals surface area contributed by atoms with E-state index < -0.39 is 0 Å². The first-order chi connectivity index (χ1) is 11.1. The van der Waals surface area contributed by atoms with Gasteiger partial charge in [0, 0.05) is 32.7 Å². The van der Waals surface area contributed by atoms with Crippen LogP contribution in [0.4, 0.5) is 0 Å². The zero-order valence-electron chi connectivity index (χ0n) is 13.8. The van der Waals surface area contributed by atoms with E-state index >= 15 is 0 Å². The van der Waals surface area contributed by atoms with Gasteiger partial charge >= 0.3 is 0 Å². The lowest BCUT2D eigenvalue weighted by atomic mass is 10.1. The van der Waals surface area contributed by atoms with Crippen LogP contribution in [0.25, 0.3) is 0 Å². The average Bonchev–Trinajstić information content (AvgIpc) is 3.37. The van der Waals surface area contributed by atoms with Crippen LogP contribution in [0.3, 0.4) is 0 Å². The van der Waals surface area contributed by atoms with Crippen LogP contribution in [-0.2, 0) is 0 Å². The summed E-state index contributed by atoms with van der Waals surface area (Å²) in [5.74, 6) is 1.42. The molecule has 1 aliphatic carbocycles. The van der Waals surface area contributed by atoms with Crippen LogP contribution in [0.5, 0.6) is 5.75 Å². The number of para-hydroxylation sites is 1. The Morgan fingerprint density at radius 1 is 1.26 bits per heavy atom. The first-order valence-electron chi connectivity index (χ1n) is 8.55. The summed E-state index contributed by atoms with van der Waals surface area (Å²) >= 11 is 0. The Hall–Kier alpha value is -1.59. The summed E-state index contributed by atoms with van der Waals surface area (Å²) in [4.78, 5) is 16.9. The predicted octanol–water partition coefficient (Wildman–Crippen LogP) is 1.61. The Balaban J connectivity index is 1.59. The summed E-state index contributed by atoms with van der Waals surface area (Å²) in [5, 5.41) is 9.46. The number of aliphatic hydroxyl groups excluding tert-OH is 1. The molecule has 1 atom stereocenters. The van der Waals surface area contributed by atoms with Gasteiger partial charge < -0.3 is 14.7 Å². The molecule has 1 saturated carbocycles. The van der Waals surface area contributed by atoms with Crippen molar-refractivity contribution in [2.45, 2.75) is 25.9 Å². The van der Waals surface area contributed by atoms with Gasteiger partial charge in [-0.2, -0.15) is 0 Å². The average molecular weight is 318 g/mol. The van der Waals surface area contributed by atoms with Crippen LogP contribution in [0.2, 0.25) is 0 Å². The van der Waals surface area contributed by atoms with Gasteiger partial charge in [-0.05, 0) is 37.8 Å². The van der Waals surface area contributed by atoms with Crippen molar-refractivity contribution in [2.24, 2.45) is 5.92 Å². The molecule has 0 radical (unpaired) electrons. The third-order valence-corrected chi connectivity index (χ3v) is 4.47. The van der Waals surface area contributed by atoms with Gasteiger partial charge in [-0.1, -0.05) is 12.1 Å². The summed E-state index contributed by atoms with van der Waals surface area (Å²) < 4.78 is 5.86. The predicted molar refractivity (Wildman–Crippen MR) is 88.7 cm³/mol. The Labute approximate surface area is 137 Å². The molecule has 2 aliphatic rings. The maximum Gasteiger partial charge on any atom is 0.257 e. The molecule has 1 unspecified atom stereocenters. The topological polar surface area (TPSA) is 53.0 Å². The minimum atomic E-state index is -0.325. The Kier molecular flexibility index (Phi) is 5.18. The lowest BCUT2D eigenvalue weighted by molar-refractivity contribution is 0.0550. The molecule has 3 rings (SSSR count). The number of rotatable bonds is 6. The second-order valence-corrected chi connectivity index (χ2v) is 6.69. The number of benzene rings is 1. The van der Waals surface area contributed by atoms with Gasteiger partial charge in [0.15, 0.2) is 0 Å². The molecule has 5 heteroatoms. The highest BCUT2D eigenvalue weighted by atomic mass is 16.5. The highest BCUT2D eigenvalue weighted by Gasteiger charge is 2.26. The molecule has 0 bridgehead atoms. The highest BCUT2D eigenvalue weighted by Crippen LogP contribution is 2.30. The quantitative estimate of drug-likeness (QED) is 0.866. The monoisotopic (exact) mass is 318 g/mol. The molecular formula is C18H26N2O3. The summed E-state index contributed by atoms with van der Waals surface area (Å²) in [6.07, 6.45) is 2.15. The molecule has 1 N–H and O–H groups in total. The van der Waals surface area contributed by atoms with Crippen molar-refractivity contribution < 1.29 is 14.6 Å². The molecule has 0 aromatic heterocycles. The fraction of sp³-hybridized carbons (Fsp3) is 0.611. The van der Waals surface area contributed by atoms with Gasteiger partial charge in [-0.25, -0.2) is 0 Å². The number of β-amino-alcohol motifs (C(OH)–C–C–N with tert-alkyl or cyclic N) is 1. The van der Waals surface area contributed by atoms with Gasteiger partial charge in [0.25, 0.3) is 5.91 Å². The zero-order chi connectivity index (χ0) is 16.2. The van der Waals surface area contributed by atoms with Crippen LogP contribution in [0.15, 0.2) is 24.3 Å². The van der Waals surface area contributed by atoms with E-state index in [-0.39, 0.29) is 12.0 Å². The van der Waals surface area contributed by atoms with Gasteiger partial charge in [-0.3, -0.25) is 9.69 Å². The van der Waals surface area contributed by atoms with Crippen LogP contribution in [0, 0.1) is 5.92 Å². The van der Waals surface area contributed by atoms with Crippen molar-refractivity contribution in [3.8, 4) is 5.75 Å². The van der Waals surface area contributed by atoms with E-state index in [0.29, 0.717) is 43.5 Å². The van der Waals surface area contributed by atoms with Gasteiger partial charge in [-0.15, -0.1) is 0 Å². The number of hydrogen-bond acceptors (Lipinski definition) is 4. The second-order valence-electron chi connectivity index (χ2n) is 6.69. The Morgan fingerprint density at radius 2 is 1.96 bits per heavy atom. The number of nitrogens with zero attached hydrogens (tertiary/aromatic N) is 2. The Bertz CT molecular complexity index is 535. The molecule has 5 nitrogen and oxygen atoms in total. The van der Waals surface area contributed by atoms with Crippen molar-refractivity contribution in [1.82, 2.24) is 9.80 Å². The number of carbonyl (C=O) groups excluding carboxylic acids is 1. The molecule has 1 aromatic carbocycles. The summed E-state index contributed by atoms with van der Waals surface area (Å²) in [6, 6.07) is 7.55. The molecule has 0 spiro atoms. The molecule has 1 aromatic rings. The third kappa shape index (κ3) is 4.45. The number of hydrogen-bond donors (Lipinski definition) is 1. The van der Waals surface area contributed by atoms with Crippen molar-refractivity contribution in [3.05, 3.63) is 29.8 Å². The summed E-state index contributed by atoms with van der Waals surface area (Å²) in [7, 11) is 0. The molecule has 1 heterocycles. The summed E-state index contributed by atoms with van der Waals surface area (Å²) in [6.45, 7) is 6.19. The van der Waals surface area contributed by atoms with Crippen molar-refractivity contribution in [3.63, 3.8) is 0 Å². The molecule has 126 valence electrons. The van der Waals surface area contributed by atoms with Gasteiger partial charge in [0.2, 0.25) is 0 Å². The molecule has 2 fully saturated rings. The first kappa shape index (κ1) is 16.3. The molecular weight excluding hydrogens is 292 g/mol. The highest BCUT2D eigenvalue weighted by molar-refractivity contribution is 5.97.